The van der Waals surface area contributed by atoms with Gasteiger partial charge in [0.15, 0.2) is 6.61 Å². The molecule has 8 heteroatoms. The van der Waals surface area contributed by atoms with E-state index in [0.717, 1.165) is 6.42 Å². The van der Waals surface area contributed by atoms with Gasteiger partial charge in [-0.05, 0) is 25.8 Å². The zero-order valence-corrected chi connectivity index (χ0v) is 11.6. The molecule has 0 fully saturated rings. The summed E-state index contributed by atoms with van der Waals surface area (Å²) >= 11 is 0. The number of carbonyl (C=O) groups excluding carboxylic acids is 1. The molecule has 0 spiro atoms. The second-order valence-electron chi connectivity index (χ2n) is 4.71. The predicted molar refractivity (Wildman–Crippen MR) is 71.9 cm³/mol. The number of amides is 1. The highest BCUT2D eigenvalue weighted by Crippen LogP contribution is 2.18. The first-order valence-corrected chi connectivity index (χ1v) is 6.47. The Kier molecular flexibility index (Phi) is 6.41. The van der Waals surface area contributed by atoms with E-state index >= 15 is 0 Å². The second kappa shape index (κ2) is 7.82. The number of carbonyl (C=O) groups is 1. The maximum absolute atomic E-state index is 11.9. The molecule has 1 atom stereocenters. The number of hydrogen-bond acceptors (Lipinski definition) is 4. The van der Waals surface area contributed by atoms with E-state index in [4.69, 9.17) is 5.73 Å². The van der Waals surface area contributed by atoms with Crippen molar-refractivity contribution in [3.63, 3.8) is 0 Å². The standard InChI is InChI=1S/C13H18F3N3O2/c1-9(17)3-2-4-11(20)19-10-5-6-12(18-7-10)21-8-13(14,15)16/h5-7,9H,2-4,8,17H2,1H3,(H,19,20). The van der Waals surface area contributed by atoms with Crippen LogP contribution in [0.4, 0.5) is 18.9 Å². The van der Waals surface area contributed by atoms with Crippen molar-refractivity contribution < 1.29 is 22.7 Å². The lowest BCUT2D eigenvalue weighted by atomic mass is 10.1. The quantitative estimate of drug-likeness (QED) is 0.811. The molecule has 1 aromatic heterocycles. The SMILES string of the molecule is CC(N)CCCC(=O)Nc1ccc(OCC(F)(F)F)nc1. The second-order valence-corrected chi connectivity index (χ2v) is 4.71. The number of alkyl halides is 3. The van der Waals surface area contributed by atoms with Crippen LogP contribution in [-0.2, 0) is 4.79 Å². The molecule has 1 aromatic rings. The Bertz CT molecular complexity index is 447. The van der Waals surface area contributed by atoms with E-state index in [9.17, 15) is 18.0 Å². The lowest BCUT2D eigenvalue weighted by Crippen LogP contribution is -2.19. The van der Waals surface area contributed by atoms with E-state index in [-0.39, 0.29) is 17.8 Å². The van der Waals surface area contributed by atoms with Crippen LogP contribution in [-0.4, -0.2) is 29.7 Å². The minimum absolute atomic E-state index is 0.0459. The van der Waals surface area contributed by atoms with Gasteiger partial charge >= 0.3 is 6.18 Å². The van der Waals surface area contributed by atoms with Gasteiger partial charge in [0.1, 0.15) is 0 Å². The number of rotatable bonds is 7. The molecule has 0 radical (unpaired) electrons. The number of nitrogens with two attached hydrogens (primary N) is 1. The summed E-state index contributed by atoms with van der Waals surface area (Å²) in [6.45, 7) is 0.463. The van der Waals surface area contributed by atoms with Crippen LogP contribution in [0.3, 0.4) is 0 Å². The van der Waals surface area contributed by atoms with E-state index in [2.05, 4.69) is 15.0 Å². The van der Waals surface area contributed by atoms with Crippen LogP contribution in [0.2, 0.25) is 0 Å². The van der Waals surface area contributed by atoms with Crippen molar-refractivity contribution in [2.45, 2.75) is 38.4 Å². The smallest absolute Gasteiger partial charge is 0.422 e. The summed E-state index contributed by atoms with van der Waals surface area (Å²) in [6.07, 6.45) is -1.42. The summed E-state index contributed by atoms with van der Waals surface area (Å²) in [4.78, 5) is 15.3. The first kappa shape index (κ1) is 17.2. The number of anilines is 1. The van der Waals surface area contributed by atoms with Gasteiger partial charge in [0, 0.05) is 18.5 Å². The van der Waals surface area contributed by atoms with Crippen LogP contribution in [0.1, 0.15) is 26.2 Å². The lowest BCUT2D eigenvalue weighted by Gasteiger charge is -2.09. The summed E-state index contributed by atoms with van der Waals surface area (Å²) in [5.41, 5.74) is 5.97. The van der Waals surface area contributed by atoms with Crippen molar-refractivity contribution in [1.82, 2.24) is 4.98 Å². The Balaban J connectivity index is 2.38. The zero-order chi connectivity index (χ0) is 15.9. The Labute approximate surface area is 120 Å². The summed E-state index contributed by atoms with van der Waals surface area (Å²) in [5, 5.41) is 2.60. The molecule has 0 aliphatic heterocycles. The molecule has 3 N–H and O–H groups in total. The number of halogens is 3. The molecule has 0 aliphatic carbocycles. The molecule has 0 aromatic carbocycles. The lowest BCUT2D eigenvalue weighted by molar-refractivity contribution is -0.154. The molecular formula is C13H18F3N3O2. The van der Waals surface area contributed by atoms with Gasteiger partial charge < -0.3 is 15.8 Å². The summed E-state index contributed by atoms with van der Waals surface area (Å²) in [7, 11) is 0. The van der Waals surface area contributed by atoms with Gasteiger partial charge in [-0.3, -0.25) is 4.79 Å². The van der Waals surface area contributed by atoms with E-state index in [1.54, 1.807) is 0 Å². The highest BCUT2D eigenvalue weighted by Gasteiger charge is 2.28. The van der Waals surface area contributed by atoms with Crippen molar-refractivity contribution in [2.75, 3.05) is 11.9 Å². The van der Waals surface area contributed by atoms with Crippen molar-refractivity contribution in [1.29, 1.82) is 0 Å². The first-order chi connectivity index (χ1) is 9.76. The molecule has 118 valence electrons. The zero-order valence-electron chi connectivity index (χ0n) is 11.6. The minimum Gasteiger partial charge on any atom is -0.468 e. The highest BCUT2D eigenvalue weighted by atomic mass is 19.4. The van der Waals surface area contributed by atoms with Crippen LogP contribution in [0.25, 0.3) is 0 Å². The first-order valence-electron chi connectivity index (χ1n) is 6.47. The molecule has 0 saturated heterocycles. The average molecular weight is 305 g/mol. The van der Waals surface area contributed by atoms with Crippen LogP contribution in [0.5, 0.6) is 5.88 Å². The largest absolute Gasteiger partial charge is 0.468 e. The van der Waals surface area contributed by atoms with E-state index in [0.29, 0.717) is 18.5 Å². The maximum Gasteiger partial charge on any atom is 0.422 e. The van der Waals surface area contributed by atoms with Gasteiger partial charge in [-0.2, -0.15) is 13.2 Å². The fourth-order valence-corrected chi connectivity index (χ4v) is 1.50. The van der Waals surface area contributed by atoms with Crippen LogP contribution in [0, 0.1) is 0 Å². The predicted octanol–water partition coefficient (Wildman–Crippen LogP) is 2.48. The minimum atomic E-state index is -4.41. The van der Waals surface area contributed by atoms with Crippen molar-refractivity contribution in [2.24, 2.45) is 5.73 Å². The Hall–Kier alpha value is -1.83. The maximum atomic E-state index is 11.9. The number of ether oxygens (including phenoxy) is 1. The number of nitrogens with zero attached hydrogens (tertiary/aromatic N) is 1. The fraction of sp³-hybridized carbons (Fsp3) is 0.538. The van der Waals surface area contributed by atoms with Crippen LogP contribution in [0.15, 0.2) is 18.3 Å². The molecule has 21 heavy (non-hydrogen) atoms. The third-order valence-electron chi connectivity index (χ3n) is 2.47. The Morgan fingerprint density at radius 3 is 2.71 bits per heavy atom. The van der Waals surface area contributed by atoms with Crippen molar-refractivity contribution in [3.05, 3.63) is 18.3 Å². The molecule has 1 amide bonds. The number of nitrogens with one attached hydrogen (secondary N) is 1. The van der Waals surface area contributed by atoms with Gasteiger partial charge in [0.25, 0.3) is 0 Å². The van der Waals surface area contributed by atoms with Gasteiger partial charge in [-0.25, -0.2) is 4.98 Å². The fourth-order valence-electron chi connectivity index (χ4n) is 1.50. The number of aromatic nitrogens is 1. The molecule has 1 heterocycles. The van der Waals surface area contributed by atoms with Crippen LogP contribution < -0.4 is 15.8 Å². The molecule has 1 unspecified atom stereocenters. The van der Waals surface area contributed by atoms with Crippen molar-refractivity contribution in [3.8, 4) is 5.88 Å². The van der Waals surface area contributed by atoms with E-state index in [1.807, 2.05) is 6.92 Å². The average Bonchev–Trinajstić information content (AvgIpc) is 2.36. The topological polar surface area (TPSA) is 77.2 Å². The summed E-state index contributed by atoms with van der Waals surface area (Å²) in [5.74, 6) is -0.344. The number of hydrogen-bond donors (Lipinski definition) is 2. The molecule has 5 nitrogen and oxygen atoms in total. The monoisotopic (exact) mass is 305 g/mol. The Morgan fingerprint density at radius 2 is 2.19 bits per heavy atom. The third-order valence-corrected chi connectivity index (χ3v) is 2.47. The summed E-state index contributed by atoms with van der Waals surface area (Å²) < 4.78 is 40.3. The molecule has 1 rings (SSSR count). The van der Waals surface area contributed by atoms with Crippen molar-refractivity contribution >= 4 is 11.6 Å². The summed E-state index contributed by atoms with van der Waals surface area (Å²) in [6, 6.07) is 2.75. The van der Waals surface area contributed by atoms with E-state index < -0.39 is 12.8 Å². The molecule has 0 saturated carbocycles. The van der Waals surface area contributed by atoms with Gasteiger partial charge in [-0.15, -0.1) is 0 Å². The normalized spacial score (nSPS) is 12.8. The third kappa shape index (κ3) is 8.13. The molecular weight excluding hydrogens is 287 g/mol. The van der Waals surface area contributed by atoms with Crippen LogP contribution >= 0.6 is 0 Å². The molecule has 0 bridgehead atoms. The number of pyridine rings is 1. The van der Waals surface area contributed by atoms with Gasteiger partial charge in [0.2, 0.25) is 11.8 Å². The van der Waals surface area contributed by atoms with Gasteiger partial charge in [0.05, 0.1) is 11.9 Å². The van der Waals surface area contributed by atoms with Gasteiger partial charge in [-0.1, -0.05) is 0 Å². The highest BCUT2D eigenvalue weighted by molar-refractivity contribution is 5.90. The van der Waals surface area contributed by atoms with E-state index in [1.165, 1.54) is 18.3 Å². The molecule has 0 aliphatic rings. The Morgan fingerprint density at radius 1 is 1.48 bits per heavy atom.